The molecule has 0 atom stereocenters. The molecule has 1 aromatic carbocycles. The highest BCUT2D eigenvalue weighted by Gasteiger charge is 2.30. The molecule has 1 amide bonds. The Hall–Kier alpha value is -1.27. The minimum Gasteiger partial charge on any atom is -0.300 e. The van der Waals surface area contributed by atoms with Crippen molar-refractivity contribution in [2.45, 2.75) is 19.3 Å². The highest BCUT2D eigenvalue weighted by atomic mass is 79.9. The van der Waals surface area contributed by atoms with Gasteiger partial charge in [-0.2, -0.15) is 0 Å². The highest BCUT2D eigenvalue weighted by molar-refractivity contribution is 9.10. The van der Waals surface area contributed by atoms with E-state index >= 15 is 0 Å². The molecule has 1 N–H and O–H groups in total. The molecule has 2 aromatic rings. The van der Waals surface area contributed by atoms with Gasteiger partial charge in [0.1, 0.15) is 5.51 Å². The van der Waals surface area contributed by atoms with Gasteiger partial charge in [-0.1, -0.05) is 39.4 Å². The van der Waals surface area contributed by atoms with Gasteiger partial charge in [0.25, 0.3) is 0 Å². The summed E-state index contributed by atoms with van der Waals surface area (Å²) in [6, 6.07) is 7.72. The van der Waals surface area contributed by atoms with Crippen molar-refractivity contribution in [3.05, 3.63) is 39.8 Å². The van der Waals surface area contributed by atoms with E-state index in [1.165, 1.54) is 11.3 Å². The zero-order valence-electron chi connectivity index (χ0n) is 9.98. The number of rotatable bonds is 3. The maximum atomic E-state index is 12.2. The summed E-state index contributed by atoms with van der Waals surface area (Å²) in [7, 11) is 0. The third-order valence-electron chi connectivity index (χ3n) is 2.71. The molecule has 0 saturated carbocycles. The molecule has 0 aliphatic carbocycles. The molecule has 18 heavy (non-hydrogen) atoms. The van der Waals surface area contributed by atoms with Gasteiger partial charge in [0.15, 0.2) is 0 Å². The van der Waals surface area contributed by atoms with Crippen LogP contribution in [0.3, 0.4) is 0 Å². The summed E-state index contributed by atoms with van der Waals surface area (Å²) in [5, 5.41) is 10.8. The Balaban J connectivity index is 2.19. The number of amides is 1. The van der Waals surface area contributed by atoms with Gasteiger partial charge in [-0.3, -0.25) is 10.1 Å². The standard InChI is InChI=1S/C12H12BrN3OS/c1-12(2,8-3-5-9(13)6-4-8)10(17)15-11-16-14-7-18-11/h3-7H,1-2H3,(H,15,16,17). The van der Waals surface area contributed by atoms with Crippen LogP contribution in [-0.2, 0) is 10.2 Å². The van der Waals surface area contributed by atoms with Crippen molar-refractivity contribution < 1.29 is 4.79 Å². The van der Waals surface area contributed by atoms with Crippen LogP contribution in [0.15, 0.2) is 34.2 Å². The van der Waals surface area contributed by atoms with Crippen molar-refractivity contribution in [1.29, 1.82) is 0 Å². The molecular weight excluding hydrogens is 314 g/mol. The first-order valence-corrected chi connectivity index (χ1v) is 7.01. The summed E-state index contributed by atoms with van der Waals surface area (Å²) >= 11 is 4.68. The van der Waals surface area contributed by atoms with Crippen LogP contribution >= 0.6 is 27.3 Å². The van der Waals surface area contributed by atoms with E-state index in [0.29, 0.717) is 5.13 Å². The number of nitrogens with zero attached hydrogens (tertiary/aromatic N) is 2. The molecule has 2 rings (SSSR count). The lowest BCUT2D eigenvalue weighted by atomic mass is 9.84. The van der Waals surface area contributed by atoms with Crippen LogP contribution in [0.4, 0.5) is 5.13 Å². The fourth-order valence-electron chi connectivity index (χ4n) is 1.48. The Morgan fingerprint density at radius 3 is 2.56 bits per heavy atom. The van der Waals surface area contributed by atoms with E-state index in [1.807, 2.05) is 38.1 Å². The quantitative estimate of drug-likeness (QED) is 0.942. The summed E-state index contributed by atoms with van der Waals surface area (Å²) in [4.78, 5) is 12.2. The molecular formula is C12H12BrN3OS. The van der Waals surface area contributed by atoms with E-state index in [0.717, 1.165) is 10.0 Å². The molecule has 0 radical (unpaired) electrons. The van der Waals surface area contributed by atoms with Crippen molar-refractivity contribution >= 4 is 38.3 Å². The first-order chi connectivity index (χ1) is 8.50. The second kappa shape index (κ2) is 5.16. The zero-order valence-corrected chi connectivity index (χ0v) is 12.4. The number of aromatic nitrogens is 2. The third-order valence-corrected chi connectivity index (χ3v) is 3.85. The van der Waals surface area contributed by atoms with Crippen molar-refractivity contribution in [2.24, 2.45) is 0 Å². The van der Waals surface area contributed by atoms with E-state index in [-0.39, 0.29) is 5.91 Å². The molecule has 6 heteroatoms. The minimum atomic E-state index is -0.619. The maximum Gasteiger partial charge on any atom is 0.236 e. The number of nitrogens with one attached hydrogen (secondary N) is 1. The highest BCUT2D eigenvalue weighted by Crippen LogP contribution is 2.26. The normalized spacial score (nSPS) is 11.3. The smallest absolute Gasteiger partial charge is 0.236 e. The van der Waals surface area contributed by atoms with Crippen molar-refractivity contribution in [3.63, 3.8) is 0 Å². The van der Waals surface area contributed by atoms with Gasteiger partial charge in [-0.15, -0.1) is 10.2 Å². The SMILES string of the molecule is CC(C)(C(=O)Nc1nncs1)c1ccc(Br)cc1. The van der Waals surface area contributed by atoms with E-state index in [1.54, 1.807) is 5.51 Å². The summed E-state index contributed by atoms with van der Waals surface area (Å²) in [5.41, 5.74) is 1.92. The molecule has 0 saturated heterocycles. The second-order valence-corrected chi connectivity index (χ2v) is 6.08. The van der Waals surface area contributed by atoms with E-state index in [4.69, 9.17) is 0 Å². The molecule has 0 aliphatic heterocycles. The number of carbonyl (C=O) groups excluding carboxylic acids is 1. The van der Waals surface area contributed by atoms with Crippen LogP contribution in [0.25, 0.3) is 0 Å². The Morgan fingerprint density at radius 2 is 2.00 bits per heavy atom. The molecule has 4 nitrogen and oxygen atoms in total. The van der Waals surface area contributed by atoms with Crippen molar-refractivity contribution in [2.75, 3.05) is 5.32 Å². The number of benzene rings is 1. The van der Waals surface area contributed by atoms with Gasteiger partial charge >= 0.3 is 0 Å². The second-order valence-electron chi connectivity index (χ2n) is 4.33. The van der Waals surface area contributed by atoms with E-state index in [9.17, 15) is 4.79 Å². The Bertz CT molecular complexity index is 537. The van der Waals surface area contributed by atoms with E-state index < -0.39 is 5.41 Å². The van der Waals surface area contributed by atoms with Crippen LogP contribution in [0.2, 0.25) is 0 Å². The number of halogens is 1. The zero-order chi connectivity index (χ0) is 13.2. The first-order valence-electron chi connectivity index (χ1n) is 5.34. The number of hydrogen-bond donors (Lipinski definition) is 1. The van der Waals surface area contributed by atoms with Gasteiger partial charge < -0.3 is 0 Å². The van der Waals surface area contributed by atoms with Gasteiger partial charge in [0.2, 0.25) is 11.0 Å². The monoisotopic (exact) mass is 325 g/mol. The number of hydrogen-bond acceptors (Lipinski definition) is 4. The fraction of sp³-hybridized carbons (Fsp3) is 0.250. The van der Waals surface area contributed by atoms with Crippen molar-refractivity contribution in [3.8, 4) is 0 Å². The van der Waals surface area contributed by atoms with Gasteiger partial charge in [0, 0.05) is 4.47 Å². The fourth-order valence-corrected chi connectivity index (χ4v) is 2.18. The third kappa shape index (κ3) is 2.76. The Kier molecular flexibility index (Phi) is 3.77. The summed E-state index contributed by atoms with van der Waals surface area (Å²) in [6.45, 7) is 3.76. The molecule has 94 valence electrons. The lowest BCUT2D eigenvalue weighted by molar-refractivity contribution is -0.120. The van der Waals surface area contributed by atoms with Crippen molar-refractivity contribution in [1.82, 2.24) is 10.2 Å². The van der Waals surface area contributed by atoms with Gasteiger partial charge in [-0.05, 0) is 31.5 Å². The summed E-state index contributed by atoms with van der Waals surface area (Å²) in [5.74, 6) is -0.0958. The molecule has 0 bridgehead atoms. The van der Waals surface area contributed by atoms with Crippen LogP contribution in [0.1, 0.15) is 19.4 Å². The molecule has 0 aliphatic rings. The average molecular weight is 326 g/mol. The first kappa shape index (κ1) is 13.2. The van der Waals surface area contributed by atoms with Crippen LogP contribution in [0.5, 0.6) is 0 Å². The number of carbonyl (C=O) groups is 1. The van der Waals surface area contributed by atoms with Gasteiger partial charge in [0.05, 0.1) is 5.41 Å². The predicted octanol–water partition coefficient (Wildman–Crippen LogP) is 3.22. The van der Waals surface area contributed by atoms with Crippen LogP contribution in [-0.4, -0.2) is 16.1 Å². The molecule has 0 fully saturated rings. The van der Waals surface area contributed by atoms with Crippen LogP contribution in [0, 0.1) is 0 Å². The van der Waals surface area contributed by atoms with Gasteiger partial charge in [-0.25, -0.2) is 0 Å². The summed E-state index contributed by atoms with van der Waals surface area (Å²) < 4.78 is 0.992. The molecule has 1 aromatic heterocycles. The lowest BCUT2D eigenvalue weighted by Crippen LogP contribution is -2.34. The maximum absolute atomic E-state index is 12.2. The van der Waals surface area contributed by atoms with Crippen LogP contribution < -0.4 is 5.32 Å². The lowest BCUT2D eigenvalue weighted by Gasteiger charge is -2.23. The van der Waals surface area contributed by atoms with E-state index in [2.05, 4.69) is 31.4 Å². The molecule has 0 spiro atoms. The Morgan fingerprint density at radius 1 is 1.33 bits per heavy atom. The summed E-state index contributed by atoms with van der Waals surface area (Å²) in [6.07, 6.45) is 0. The topological polar surface area (TPSA) is 54.9 Å². The predicted molar refractivity (Wildman–Crippen MR) is 75.7 cm³/mol. The average Bonchev–Trinajstić information content (AvgIpc) is 2.82. The largest absolute Gasteiger partial charge is 0.300 e. The minimum absolute atomic E-state index is 0.0958. The Labute approximate surface area is 118 Å². The molecule has 0 unspecified atom stereocenters. The number of anilines is 1. The molecule has 1 heterocycles.